The van der Waals surface area contributed by atoms with Gasteiger partial charge in [0.15, 0.2) is 11.5 Å². The fourth-order valence-electron chi connectivity index (χ4n) is 2.45. The SMILES string of the molecule is N#COc1ccccc1C(=O)Oc1ccc(OC(=O)c2ccccc2OC#N)cc1. The van der Waals surface area contributed by atoms with Gasteiger partial charge in [0, 0.05) is 0 Å². The molecule has 0 atom stereocenters. The highest BCUT2D eigenvalue weighted by atomic mass is 16.5. The maximum absolute atomic E-state index is 12.3. The lowest BCUT2D eigenvalue weighted by Crippen LogP contribution is -2.11. The third kappa shape index (κ3) is 4.71. The van der Waals surface area contributed by atoms with Crippen LogP contribution in [0.2, 0.25) is 0 Å². The van der Waals surface area contributed by atoms with Gasteiger partial charge < -0.3 is 18.9 Å². The minimum Gasteiger partial charge on any atom is -0.423 e. The Morgan fingerprint density at radius 2 is 0.967 bits per heavy atom. The summed E-state index contributed by atoms with van der Waals surface area (Å²) in [6, 6.07) is 18.1. The van der Waals surface area contributed by atoms with Gasteiger partial charge in [-0.3, -0.25) is 0 Å². The fraction of sp³-hybridized carbons (Fsp3) is 0. The number of esters is 2. The quantitative estimate of drug-likeness (QED) is 0.348. The molecule has 0 heterocycles. The molecule has 3 rings (SSSR count). The van der Waals surface area contributed by atoms with Crippen LogP contribution in [0.1, 0.15) is 20.7 Å². The molecule has 3 aromatic carbocycles. The number of rotatable bonds is 6. The zero-order valence-corrected chi connectivity index (χ0v) is 15.3. The van der Waals surface area contributed by atoms with E-state index in [1.165, 1.54) is 61.0 Å². The van der Waals surface area contributed by atoms with Crippen molar-refractivity contribution in [3.8, 4) is 35.5 Å². The number of nitriles is 2. The molecule has 8 nitrogen and oxygen atoms in total. The van der Waals surface area contributed by atoms with Crippen molar-refractivity contribution in [2.75, 3.05) is 0 Å². The average molecular weight is 400 g/mol. The van der Waals surface area contributed by atoms with E-state index in [-0.39, 0.29) is 34.1 Å². The third-order valence-electron chi connectivity index (χ3n) is 3.77. The molecule has 0 aliphatic heterocycles. The van der Waals surface area contributed by atoms with E-state index in [2.05, 4.69) is 0 Å². The second-order valence-corrected chi connectivity index (χ2v) is 5.63. The van der Waals surface area contributed by atoms with Crippen LogP contribution in [-0.2, 0) is 0 Å². The molecule has 146 valence electrons. The van der Waals surface area contributed by atoms with Crippen LogP contribution in [-0.4, -0.2) is 11.9 Å². The number of para-hydroxylation sites is 2. The molecule has 0 fully saturated rings. The maximum Gasteiger partial charge on any atom is 0.347 e. The van der Waals surface area contributed by atoms with Gasteiger partial charge >= 0.3 is 11.9 Å². The molecule has 0 bridgehead atoms. The third-order valence-corrected chi connectivity index (χ3v) is 3.77. The number of hydrogen-bond donors (Lipinski definition) is 0. The first kappa shape index (κ1) is 19.9. The zero-order valence-electron chi connectivity index (χ0n) is 15.3. The van der Waals surface area contributed by atoms with E-state index in [0.717, 1.165) is 0 Å². The van der Waals surface area contributed by atoms with Crippen LogP contribution in [0.15, 0.2) is 72.8 Å². The van der Waals surface area contributed by atoms with Gasteiger partial charge in [0.25, 0.3) is 12.5 Å². The Hall–Kier alpha value is -4.82. The van der Waals surface area contributed by atoms with E-state index >= 15 is 0 Å². The van der Waals surface area contributed by atoms with E-state index in [4.69, 9.17) is 29.5 Å². The Labute approximate surface area is 171 Å². The standard InChI is InChI=1S/C22H12N2O6/c23-13-27-19-7-3-1-5-17(19)21(25)29-15-9-11-16(12-10-15)30-22(26)18-6-2-4-8-20(18)28-14-24/h1-12H. The lowest BCUT2D eigenvalue weighted by molar-refractivity contribution is 0.0716. The molecule has 0 saturated heterocycles. The maximum atomic E-state index is 12.3. The predicted octanol–water partition coefficient (Wildman–Crippen LogP) is 3.84. The van der Waals surface area contributed by atoms with Crippen LogP contribution in [0.25, 0.3) is 0 Å². The average Bonchev–Trinajstić information content (AvgIpc) is 2.76. The highest BCUT2D eigenvalue weighted by Crippen LogP contribution is 2.24. The molecule has 0 radical (unpaired) electrons. The van der Waals surface area contributed by atoms with Crippen LogP contribution in [0.3, 0.4) is 0 Å². The molecule has 3 aromatic rings. The van der Waals surface area contributed by atoms with Gasteiger partial charge in [-0.1, -0.05) is 24.3 Å². The second-order valence-electron chi connectivity index (χ2n) is 5.63. The van der Waals surface area contributed by atoms with Crippen LogP contribution in [0, 0.1) is 23.0 Å². The van der Waals surface area contributed by atoms with Crippen LogP contribution < -0.4 is 18.9 Å². The van der Waals surface area contributed by atoms with E-state index in [9.17, 15) is 9.59 Å². The van der Waals surface area contributed by atoms with Gasteiger partial charge in [-0.15, -0.1) is 10.5 Å². The molecule has 0 unspecified atom stereocenters. The van der Waals surface area contributed by atoms with Gasteiger partial charge in [-0.2, -0.15) is 0 Å². The van der Waals surface area contributed by atoms with Gasteiger partial charge in [-0.25, -0.2) is 9.59 Å². The summed E-state index contributed by atoms with van der Waals surface area (Å²) in [5, 5.41) is 17.3. The Morgan fingerprint density at radius 3 is 1.33 bits per heavy atom. The normalized spacial score (nSPS) is 9.53. The molecule has 0 aliphatic carbocycles. The van der Waals surface area contributed by atoms with Crippen LogP contribution in [0.5, 0.6) is 23.0 Å². The first-order valence-electron chi connectivity index (χ1n) is 8.46. The largest absolute Gasteiger partial charge is 0.423 e. The zero-order chi connectivity index (χ0) is 21.3. The lowest BCUT2D eigenvalue weighted by atomic mass is 10.2. The number of ether oxygens (including phenoxy) is 4. The molecule has 0 aromatic heterocycles. The topological polar surface area (TPSA) is 119 Å². The second kappa shape index (κ2) is 9.40. The van der Waals surface area contributed by atoms with E-state index in [1.807, 2.05) is 0 Å². The molecule has 8 heteroatoms. The Kier molecular flexibility index (Phi) is 6.24. The summed E-state index contributed by atoms with van der Waals surface area (Å²) in [5.74, 6) is -0.886. The first-order chi connectivity index (χ1) is 14.6. The van der Waals surface area contributed by atoms with Crippen molar-refractivity contribution >= 4 is 11.9 Å². The number of nitrogens with zero attached hydrogens (tertiary/aromatic N) is 2. The molecule has 0 aliphatic rings. The summed E-state index contributed by atoms with van der Waals surface area (Å²) >= 11 is 0. The number of carbonyl (C=O) groups is 2. The van der Waals surface area contributed by atoms with Gasteiger partial charge in [-0.05, 0) is 48.5 Å². The van der Waals surface area contributed by atoms with E-state index in [0.29, 0.717) is 0 Å². The van der Waals surface area contributed by atoms with Crippen molar-refractivity contribution in [2.45, 2.75) is 0 Å². The summed E-state index contributed by atoms with van der Waals surface area (Å²) in [7, 11) is 0. The lowest BCUT2D eigenvalue weighted by Gasteiger charge is -2.09. The van der Waals surface area contributed by atoms with Crippen molar-refractivity contribution in [1.82, 2.24) is 0 Å². The molecule has 0 saturated carbocycles. The van der Waals surface area contributed by atoms with Crippen molar-refractivity contribution in [2.24, 2.45) is 0 Å². The summed E-state index contributed by atoms with van der Waals surface area (Å²) in [6.07, 6.45) is 3.02. The molecule has 30 heavy (non-hydrogen) atoms. The van der Waals surface area contributed by atoms with Gasteiger partial charge in [0.1, 0.15) is 22.6 Å². The summed E-state index contributed by atoms with van der Waals surface area (Å²) in [5.41, 5.74) is 0.173. The van der Waals surface area contributed by atoms with Crippen molar-refractivity contribution < 1.29 is 28.5 Å². The molecule has 0 amide bonds. The number of hydrogen-bond acceptors (Lipinski definition) is 8. The minimum atomic E-state index is -0.715. The predicted molar refractivity (Wildman–Crippen MR) is 102 cm³/mol. The summed E-state index contributed by atoms with van der Waals surface area (Å²) in [6.45, 7) is 0. The molecular weight excluding hydrogens is 388 g/mol. The van der Waals surface area contributed by atoms with Crippen molar-refractivity contribution in [1.29, 1.82) is 10.5 Å². The van der Waals surface area contributed by atoms with Crippen LogP contribution in [0.4, 0.5) is 0 Å². The molecular formula is C22H12N2O6. The summed E-state index contributed by atoms with van der Waals surface area (Å²) in [4.78, 5) is 24.6. The van der Waals surface area contributed by atoms with Crippen molar-refractivity contribution in [3.63, 3.8) is 0 Å². The molecule has 0 spiro atoms. The van der Waals surface area contributed by atoms with Crippen molar-refractivity contribution in [3.05, 3.63) is 83.9 Å². The van der Waals surface area contributed by atoms with Gasteiger partial charge in [0.2, 0.25) is 0 Å². The first-order valence-corrected chi connectivity index (χ1v) is 8.46. The summed E-state index contributed by atoms with van der Waals surface area (Å²) < 4.78 is 20.0. The highest BCUT2D eigenvalue weighted by molar-refractivity contribution is 5.94. The minimum absolute atomic E-state index is 0.0776. The van der Waals surface area contributed by atoms with Crippen LogP contribution >= 0.6 is 0 Å². The number of benzene rings is 3. The molecule has 0 N–H and O–H groups in total. The Bertz CT molecular complexity index is 1070. The smallest absolute Gasteiger partial charge is 0.347 e. The Morgan fingerprint density at radius 1 is 0.600 bits per heavy atom. The van der Waals surface area contributed by atoms with E-state index < -0.39 is 11.9 Å². The highest BCUT2D eigenvalue weighted by Gasteiger charge is 2.17. The fourth-order valence-corrected chi connectivity index (χ4v) is 2.45. The van der Waals surface area contributed by atoms with Gasteiger partial charge in [0.05, 0.1) is 0 Å². The monoisotopic (exact) mass is 400 g/mol. The Balaban J connectivity index is 1.69. The number of carbonyl (C=O) groups excluding carboxylic acids is 2. The van der Waals surface area contributed by atoms with E-state index in [1.54, 1.807) is 24.3 Å².